The van der Waals surface area contributed by atoms with E-state index < -0.39 is 18.0 Å². The van der Waals surface area contributed by atoms with Crippen molar-refractivity contribution in [2.24, 2.45) is 5.73 Å². The van der Waals surface area contributed by atoms with E-state index in [0.29, 0.717) is 5.56 Å². The van der Waals surface area contributed by atoms with Crippen molar-refractivity contribution in [2.75, 3.05) is 6.61 Å². The minimum absolute atomic E-state index is 0.00667. The molecule has 0 saturated heterocycles. The highest BCUT2D eigenvalue weighted by Gasteiger charge is 2.28. The second kappa shape index (κ2) is 3.38. The van der Waals surface area contributed by atoms with Crippen molar-refractivity contribution in [3.63, 3.8) is 0 Å². The van der Waals surface area contributed by atoms with E-state index >= 15 is 0 Å². The summed E-state index contributed by atoms with van der Waals surface area (Å²) in [5.74, 6) is -0.456. The fraction of sp³-hybridized carbons (Fsp3) is 0.333. The molecule has 1 aromatic carbocycles. The molecular formula is C9H9ClFNO2. The van der Waals surface area contributed by atoms with E-state index in [2.05, 4.69) is 0 Å². The molecule has 0 saturated carbocycles. The second-order valence-corrected chi connectivity index (χ2v) is 3.65. The Bertz CT molecular complexity index is 372. The molecule has 1 heterocycles. The predicted octanol–water partition coefficient (Wildman–Crippen LogP) is 1.23. The van der Waals surface area contributed by atoms with E-state index in [1.54, 1.807) is 0 Å². The van der Waals surface area contributed by atoms with Crippen LogP contribution in [0.25, 0.3) is 0 Å². The minimum Gasteiger partial charge on any atom is -0.487 e. The fourth-order valence-electron chi connectivity index (χ4n) is 1.46. The molecule has 14 heavy (non-hydrogen) atoms. The number of hydrogen-bond acceptors (Lipinski definition) is 3. The van der Waals surface area contributed by atoms with Gasteiger partial charge in [-0.3, -0.25) is 0 Å². The second-order valence-electron chi connectivity index (χ2n) is 3.21. The molecule has 3 N–H and O–H groups in total. The lowest BCUT2D eigenvalue weighted by Gasteiger charge is -2.27. The average molecular weight is 218 g/mol. The smallest absolute Gasteiger partial charge is 0.166 e. The topological polar surface area (TPSA) is 55.5 Å². The van der Waals surface area contributed by atoms with Gasteiger partial charge in [-0.15, -0.1) is 0 Å². The lowest BCUT2D eigenvalue weighted by Crippen LogP contribution is -2.36. The summed E-state index contributed by atoms with van der Waals surface area (Å²) < 4.78 is 18.3. The quantitative estimate of drug-likeness (QED) is 0.687. The molecule has 0 fully saturated rings. The summed E-state index contributed by atoms with van der Waals surface area (Å²) in [6, 6.07) is 2.02. The van der Waals surface area contributed by atoms with Gasteiger partial charge in [0.25, 0.3) is 0 Å². The Balaban J connectivity index is 2.54. The molecule has 3 nitrogen and oxygen atoms in total. The Hall–Kier alpha value is -0.840. The molecule has 5 heteroatoms. The number of halogens is 2. The van der Waals surface area contributed by atoms with Gasteiger partial charge in [0.05, 0.1) is 6.04 Å². The van der Waals surface area contributed by atoms with Crippen LogP contribution in [-0.2, 0) is 0 Å². The van der Waals surface area contributed by atoms with Gasteiger partial charge in [-0.25, -0.2) is 4.39 Å². The molecule has 0 spiro atoms. The van der Waals surface area contributed by atoms with Crippen LogP contribution in [-0.4, -0.2) is 17.8 Å². The number of hydrogen-bond donors (Lipinski definition) is 2. The van der Waals surface area contributed by atoms with Crippen molar-refractivity contribution in [2.45, 2.75) is 12.1 Å². The highest BCUT2D eigenvalue weighted by Crippen LogP contribution is 2.35. The van der Waals surface area contributed by atoms with Gasteiger partial charge in [-0.05, 0) is 12.1 Å². The van der Waals surface area contributed by atoms with Crippen molar-refractivity contribution < 1.29 is 14.2 Å². The van der Waals surface area contributed by atoms with Crippen LogP contribution in [0.2, 0.25) is 5.02 Å². The van der Waals surface area contributed by atoms with Crippen LogP contribution in [0.4, 0.5) is 4.39 Å². The van der Waals surface area contributed by atoms with E-state index in [9.17, 15) is 9.50 Å². The van der Waals surface area contributed by atoms with Crippen LogP contribution in [0.5, 0.6) is 5.75 Å². The normalized spacial score (nSPS) is 25.4. The molecule has 0 aromatic heterocycles. The Labute approximate surface area is 85.2 Å². The van der Waals surface area contributed by atoms with Crippen molar-refractivity contribution in [1.82, 2.24) is 0 Å². The summed E-state index contributed by atoms with van der Waals surface area (Å²) >= 11 is 5.66. The maximum atomic E-state index is 13.3. The SMILES string of the molecule is N[C@@H]1c2cc(Cl)cc(F)c2OC[C@@H]1O. The van der Waals surface area contributed by atoms with Gasteiger partial charge in [-0.1, -0.05) is 11.6 Å². The van der Waals surface area contributed by atoms with Crippen molar-refractivity contribution in [3.05, 3.63) is 28.5 Å². The van der Waals surface area contributed by atoms with Crippen molar-refractivity contribution in [1.29, 1.82) is 0 Å². The summed E-state index contributed by atoms with van der Waals surface area (Å²) in [6.07, 6.45) is -0.819. The van der Waals surface area contributed by atoms with Crippen LogP contribution in [0.3, 0.4) is 0 Å². The molecular weight excluding hydrogens is 209 g/mol. The lowest BCUT2D eigenvalue weighted by atomic mass is 9.99. The largest absolute Gasteiger partial charge is 0.487 e. The lowest BCUT2D eigenvalue weighted by molar-refractivity contribution is 0.0652. The third-order valence-electron chi connectivity index (χ3n) is 2.21. The van der Waals surface area contributed by atoms with Crippen molar-refractivity contribution in [3.8, 4) is 5.75 Å². The molecule has 2 atom stereocenters. The molecule has 1 aliphatic rings. The predicted molar refractivity (Wildman–Crippen MR) is 49.8 cm³/mol. The fourth-order valence-corrected chi connectivity index (χ4v) is 1.67. The molecule has 0 bridgehead atoms. The number of aliphatic hydroxyl groups is 1. The summed E-state index contributed by atoms with van der Waals surface area (Å²) in [5.41, 5.74) is 6.08. The van der Waals surface area contributed by atoms with Gasteiger partial charge in [-0.2, -0.15) is 0 Å². The standard InChI is InChI=1S/C9H9ClFNO2/c10-4-1-5-8(12)7(13)3-14-9(5)6(11)2-4/h1-2,7-8,13H,3,12H2/t7-,8+/m0/s1. The number of fused-ring (bicyclic) bond motifs is 1. The average Bonchev–Trinajstić information content (AvgIpc) is 2.12. The Morgan fingerprint density at radius 1 is 1.57 bits per heavy atom. The van der Waals surface area contributed by atoms with E-state index in [4.69, 9.17) is 22.1 Å². The molecule has 76 valence electrons. The third kappa shape index (κ3) is 1.45. The van der Waals surface area contributed by atoms with E-state index in [1.807, 2.05) is 0 Å². The zero-order chi connectivity index (χ0) is 10.3. The Kier molecular flexibility index (Phi) is 2.34. The molecule has 0 unspecified atom stereocenters. The number of nitrogens with two attached hydrogens (primary N) is 1. The maximum Gasteiger partial charge on any atom is 0.166 e. The molecule has 0 radical (unpaired) electrons. The van der Waals surface area contributed by atoms with Gasteiger partial charge < -0.3 is 15.6 Å². The molecule has 2 rings (SSSR count). The first-order valence-electron chi connectivity index (χ1n) is 4.15. The monoisotopic (exact) mass is 217 g/mol. The van der Waals surface area contributed by atoms with Crippen LogP contribution in [0.15, 0.2) is 12.1 Å². The van der Waals surface area contributed by atoms with Gasteiger partial charge in [0.1, 0.15) is 12.7 Å². The van der Waals surface area contributed by atoms with Crippen molar-refractivity contribution >= 4 is 11.6 Å². The van der Waals surface area contributed by atoms with E-state index in [-0.39, 0.29) is 17.4 Å². The zero-order valence-electron chi connectivity index (χ0n) is 7.21. The van der Waals surface area contributed by atoms with Gasteiger partial charge in [0.2, 0.25) is 0 Å². The van der Waals surface area contributed by atoms with Crippen LogP contribution in [0, 0.1) is 5.82 Å². The maximum absolute atomic E-state index is 13.3. The first kappa shape index (κ1) is 9.71. The first-order chi connectivity index (χ1) is 6.59. The van der Waals surface area contributed by atoms with Gasteiger partial charge in [0.15, 0.2) is 11.6 Å². The summed E-state index contributed by atoms with van der Waals surface area (Å²) in [4.78, 5) is 0. The number of aliphatic hydroxyl groups excluding tert-OH is 1. The molecule has 0 amide bonds. The van der Waals surface area contributed by atoms with E-state index in [0.717, 1.165) is 6.07 Å². The summed E-state index contributed by atoms with van der Waals surface area (Å²) in [5, 5.41) is 9.64. The molecule has 1 aromatic rings. The third-order valence-corrected chi connectivity index (χ3v) is 2.43. The zero-order valence-corrected chi connectivity index (χ0v) is 7.96. The summed E-state index contributed by atoms with van der Waals surface area (Å²) in [7, 11) is 0. The Morgan fingerprint density at radius 2 is 2.29 bits per heavy atom. The van der Waals surface area contributed by atoms with Crippen LogP contribution < -0.4 is 10.5 Å². The van der Waals surface area contributed by atoms with E-state index in [1.165, 1.54) is 6.07 Å². The number of ether oxygens (including phenoxy) is 1. The highest BCUT2D eigenvalue weighted by atomic mass is 35.5. The molecule has 1 aliphatic heterocycles. The number of rotatable bonds is 0. The minimum atomic E-state index is -0.819. The highest BCUT2D eigenvalue weighted by molar-refractivity contribution is 6.30. The molecule has 0 aliphatic carbocycles. The van der Waals surface area contributed by atoms with Crippen LogP contribution in [0.1, 0.15) is 11.6 Å². The Morgan fingerprint density at radius 3 is 3.00 bits per heavy atom. The summed E-state index contributed by atoms with van der Waals surface area (Å²) in [6.45, 7) is 0.00667. The van der Waals surface area contributed by atoms with Gasteiger partial charge >= 0.3 is 0 Å². The number of benzene rings is 1. The van der Waals surface area contributed by atoms with Crippen LogP contribution >= 0.6 is 11.6 Å². The van der Waals surface area contributed by atoms with Gasteiger partial charge in [0, 0.05) is 10.6 Å². The first-order valence-corrected chi connectivity index (χ1v) is 4.53.